The van der Waals surface area contributed by atoms with Gasteiger partial charge in [0.15, 0.2) is 5.11 Å². The predicted octanol–water partition coefficient (Wildman–Crippen LogP) is 4.70. The standard InChI is InChI=1S/C42H41F3N8O6S/c1-41(2)39(58)52(27-5-4-25(19-46)32(17-27)42(43,44)45)40(60)51(41)22-24-3-9-34(48-21-24)50-13-11-23(12-14-50)20-47-26-15-29(16-26)59-28-6-7-30-31(18-28)38(57)53(37(30)56)33-8-10-35(54)49-36(33)55/h3-7,9,17-18,21,23,26,29,33,47H,8,10-16,20,22H2,1-2H3,(H,49,54,55)/t26-,29-,33?. The fourth-order valence-corrected chi connectivity index (χ4v) is 8.94. The highest BCUT2D eigenvalue weighted by Gasteiger charge is 2.50. The molecule has 5 heterocycles. The summed E-state index contributed by atoms with van der Waals surface area (Å²) in [6, 6.07) is 12.6. The minimum Gasteiger partial charge on any atom is -0.490 e. The molecule has 14 nitrogen and oxygen atoms in total. The Hall–Kier alpha value is -5.93. The number of anilines is 2. The van der Waals surface area contributed by atoms with Gasteiger partial charge in [0.25, 0.3) is 17.7 Å². The highest BCUT2D eigenvalue weighted by Crippen LogP contribution is 2.39. The van der Waals surface area contributed by atoms with Crippen LogP contribution in [-0.4, -0.2) is 92.8 Å². The number of alkyl halides is 3. The van der Waals surface area contributed by atoms with Gasteiger partial charge in [-0.05, 0) is 119 Å². The van der Waals surface area contributed by atoms with Gasteiger partial charge in [0.05, 0.1) is 34.0 Å². The third kappa shape index (κ3) is 7.56. The van der Waals surface area contributed by atoms with Crippen molar-refractivity contribution in [3.05, 3.63) is 82.5 Å². The van der Waals surface area contributed by atoms with E-state index >= 15 is 0 Å². The van der Waals surface area contributed by atoms with Crippen LogP contribution in [0.5, 0.6) is 5.75 Å². The summed E-state index contributed by atoms with van der Waals surface area (Å²) in [5.74, 6) is -0.893. The summed E-state index contributed by atoms with van der Waals surface area (Å²) in [6.07, 6.45) is 0.578. The molecule has 0 spiro atoms. The van der Waals surface area contributed by atoms with Crippen LogP contribution in [0.15, 0.2) is 54.7 Å². The van der Waals surface area contributed by atoms with E-state index in [0.29, 0.717) is 17.7 Å². The molecule has 1 aliphatic carbocycles. The number of aromatic nitrogens is 1. The van der Waals surface area contributed by atoms with Gasteiger partial charge in [-0.2, -0.15) is 18.4 Å². The third-order valence-corrected chi connectivity index (χ3v) is 12.5. The SMILES string of the molecule is CC1(C)C(=O)N(c2ccc(C#N)c(C(F)(F)F)c2)C(=S)N1Cc1ccc(N2CCC(CN[C@H]3C[C@H](Oc4ccc5c(c4)C(=O)N(C4CCC(=O)NC4=O)C5=O)C3)CC2)nc1. The molecule has 1 aromatic heterocycles. The lowest BCUT2D eigenvalue weighted by Crippen LogP contribution is -2.54. The van der Waals surface area contributed by atoms with Gasteiger partial charge in [0, 0.05) is 38.3 Å². The summed E-state index contributed by atoms with van der Waals surface area (Å²) in [5, 5.41) is 15.1. The van der Waals surface area contributed by atoms with Crippen molar-refractivity contribution < 1.29 is 41.9 Å². The zero-order valence-electron chi connectivity index (χ0n) is 32.8. The monoisotopic (exact) mass is 842 g/mol. The molecule has 312 valence electrons. The van der Waals surface area contributed by atoms with E-state index in [2.05, 4.69) is 15.5 Å². The van der Waals surface area contributed by atoms with Crippen molar-refractivity contribution in [3.8, 4) is 11.8 Å². The second-order valence-electron chi connectivity index (χ2n) is 16.3. The molecule has 4 fully saturated rings. The van der Waals surface area contributed by atoms with E-state index in [1.807, 2.05) is 12.1 Å². The second-order valence-corrected chi connectivity index (χ2v) is 16.7. The molecule has 3 aromatic rings. The molecule has 0 radical (unpaired) electrons. The van der Waals surface area contributed by atoms with E-state index < -0.39 is 58.4 Å². The minimum absolute atomic E-state index is 0.0459. The van der Waals surface area contributed by atoms with Crippen LogP contribution in [-0.2, 0) is 27.1 Å². The van der Waals surface area contributed by atoms with Crippen molar-refractivity contribution in [1.29, 1.82) is 5.26 Å². The number of fused-ring (bicyclic) bond motifs is 1. The number of pyridine rings is 1. The first kappa shape index (κ1) is 40.8. The number of carbonyl (C=O) groups is 5. The van der Waals surface area contributed by atoms with Crippen LogP contribution < -0.4 is 25.2 Å². The number of amides is 5. The molecule has 1 atom stereocenters. The fraction of sp³-hybridized carbons (Fsp3) is 0.429. The first-order valence-electron chi connectivity index (χ1n) is 19.8. The van der Waals surface area contributed by atoms with Crippen LogP contribution in [0, 0.1) is 17.2 Å². The molecule has 1 unspecified atom stereocenters. The summed E-state index contributed by atoms with van der Waals surface area (Å²) >= 11 is 5.64. The Morgan fingerprint density at radius 3 is 2.38 bits per heavy atom. The summed E-state index contributed by atoms with van der Waals surface area (Å²) in [6.45, 7) is 6.06. The minimum atomic E-state index is -4.78. The van der Waals surface area contributed by atoms with E-state index in [0.717, 1.165) is 78.6 Å². The number of rotatable bonds is 10. The van der Waals surface area contributed by atoms with Crippen molar-refractivity contribution in [2.75, 3.05) is 29.4 Å². The van der Waals surface area contributed by atoms with Gasteiger partial charge >= 0.3 is 6.18 Å². The fourth-order valence-electron chi connectivity index (χ4n) is 8.46. The van der Waals surface area contributed by atoms with Crippen molar-refractivity contribution in [3.63, 3.8) is 0 Å². The first-order valence-corrected chi connectivity index (χ1v) is 20.2. The number of thiocarbonyl (C=S) groups is 1. The van der Waals surface area contributed by atoms with Gasteiger partial charge in [-0.1, -0.05) is 6.07 Å². The van der Waals surface area contributed by atoms with Gasteiger partial charge in [0.2, 0.25) is 11.8 Å². The number of imide groups is 2. The lowest BCUT2D eigenvalue weighted by atomic mass is 9.88. The van der Waals surface area contributed by atoms with Gasteiger partial charge in [-0.15, -0.1) is 0 Å². The Morgan fingerprint density at radius 2 is 1.72 bits per heavy atom. The average Bonchev–Trinajstić information content (AvgIpc) is 3.54. The van der Waals surface area contributed by atoms with Crippen molar-refractivity contribution in [2.45, 2.75) is 88.8 Å². The highest BCUT2D eigenvalue weighted by molar-refractivity contribution is 7.80. The number of carbonyl (C=O) groups excluding carboxylic acids is 5. The average molecular weight is 843 g/mol. The number of hydrogen-bond donors (Lipinski definition) is 2. The van der Waals surface area contributed by atoms with Crippen LogP contribution >= 0.6 is 12.2 Å². The van der Waals surface area contributed by atoms with Gasteiger partial charge in [-0.25, -0.2) is 4.98 Å². The van der Waals surface area contributed by atoms with Crippen LogP contribution in [0.4, 0.5) is 24.7 Å². The Labute approximate surface area is 348 Å². The molecule has 18 heteroatoms. The number of halogens is 3. The molecule has 0 bridgehead atoms. The molecule has 2 aromatic carbocycles. The largest absolute Gasteiger partial charge is 0.490 e. The van der Waals surface area contributed by atoms with E-state index in [-0.39, 0.29) is 47.4 Å². The number of nitrogens with zero attached hydrogens (tertiary/aromatic N) is 6. The first-order chi connectivity index (χ1) is 28.5. The van der Waals surface area contributed by atoms with E-state index in [1.165, 1.54) is 6.07 Å². The second kappa shape index (κ2) is 15.6. The van der Waals surface area contributed by atoms with Crippen molar-refractivity contribution >= 4 is 58.4 Å². The third-order valence-electron chi connectivity index (χ3n) is 12.1. The lowest BCUT2D eigenvalue weighted by molar-refractivity contribution is -0.138. The molecular formula is C42H41F3N8O6S. The number of benzene rings is 2. The number of nitriles is 1. The zero-order valence-corrected chi connectivity index (χ0v) is 33.6. The predicted molar refractivity (Wildman–Crippen MR) is 214 cm³/mol. The summed E-state index contributed by atoms with van der Waals surface area (Å²) in [7, 11) is 0. The van der Waals surface area contributed by atoms with Crippen LogP contribution in [0.2, 0.25) is 0 Å². The Kier molecular flexibility index (Phi) is 10.6. The molecule has 3 saturated heterocycles. The van der Waals surface area contributed by atoms with Crippen LogP contribution in [0.25, 0.3) is 0 Å². The Bertz CT molecular complexity index is 2340. The number of nitrogens with one attached hydrogen (secondary N) is 2. The molecule has 5 amide bonds. The quantitative estimate of drug-likeness (QED) is 0.214. The molecule has 2 N–H and O–H groups in total. The highest BCUT2D eigenvalue weighted by atomic mass is 32.1. The van der Waals surface area contributed by atoms with Crippen molar-refractivity contribution in [1.82, 2.24) is 25.4 Å². The number of ether oxygens (including phenoxy) is 1. The Balaban J connectivity index is 0.785. The van der Waals surface area contributed by atoms with E-state index in [1.54, 1.807) is 49.2 Å². The van der Waals surface area contributed by atoms with Crippen LogP contribution in [0.1, 0.15) is 89.8 Å². The van der Waals surface area contributed by atoms with E-state index in [9.17, 15) is 42.4 Å². The maximum Gasteiger partial charge on any atom is 0.417 e. The lowest BCUT2D eigenvalue weighted by Gasteiger charge is -2.38. The molecule has 5 aliphatic rings. The van der Waals surface area contributed by atoms with Crippen LogP contribution in [0.3, 0.4) is 0 Å². The molecule has 60 heavy (non-hydrogen) atoms. The topological polar surface area (TPSA) is 168 Å². The summed E-state index contributed by atoms with van der Waals surface area (Å²) in [4.78, 5) is 74.2. The Morgan fingerprint density at radius 1 is 0.983 bits per heavy atom. The maximum absolute atomic E-state index is 13.7. The van der Waals surface area contributed by atoms with E-state index in [4.69, 9.17) is 21.9 Å². The summed E-state index contributed by atoms with van der Waals surface area (Å²) < 4.78 is 47.2. The van der Waals surface area contributed by atoms with Gasteiger partial charge < -0.3 is 19.9 Å². The number of hydrogen-bond acceptors (Lipinski definition) is 11. The van der Waals surface area contributed by atoms with Gasteiger partial charge in [-0.3, -0.25) is 39.1 Å². The maximum atomic E-state index is 13.7. The number of piperidine rings is 2. The zero-order chi connectivity index (χ0) is 42.7. The van der Waals surface area contributed by atoms with Crippen molar-refractivity contribution in [2.24, 2.45) is 5.92 Å². The molecule has 4 aliphatic heterocycles. The van der Waals surface area contributed by atoms with Gasteiger partial charge in [0.1, 0.15) is 29.3 Å². The smallest absolute Gasteiger partial charge is 0.417 e. The summed E-state index contributed by atoms with van der Waals surface area (Å²) in [5.41, 5.74) is -1.71. The molecular weight excluding hydrogens is 802 g/mol. The molecule has 8 rings (SSSR count). The molecule has 1 saturated carbocycles. The normalized spacial score (nSPS) is 23.2.